The zero-order valence-corrected chi connectivity index (χ0v) is 23.0. The highest BCUT2D eigenvalue weighted by Crippen LogP contribution is 2.44. The average Bonchev–Trinajstić information content (AvgIpc) is 3.26. The van der Waals surface area contributed by atoms with Crippen LogP contribution in [0.1, 0.15) is 41.9 Å². The Bertz CT molecular complexity index is 1380. The minimum atomic E-state index is -0.880. The first-order valence-electron chi connectivity index (χ1n) is 14.3. The van der Waals surface area contributed by atoms with Gasteiger partial charge in [0.1, 0.15) is 6.61 Å². The van der Waals surface area contributed by atoms with Crippen LogP contribution < -0.4 is 5.32 Å². The summed E-state index contributed by atoms with van der Waals surface area (Å²) in [5.74, 6) is -1.57. The number of hydrogen-bond donors (Lipinski definition) is 2. The van der Waals surface area contributed by atoms with Crippen molar-refractivity contribution in [3.63, 3.8) is 0 Å². The number of benzene rings is 3. The number of aliphatic carboxylic acids is 1. The summed E-state index contributed by atoms with van der Waals surface area (Å²) in [6, 6.07) is 26.7. The Morgan fingerprint density at radius 1 is 0.854 bits per heavy atom. The maximum atomic E-state index is 13.3. The zero-order chi connectivity index (χ0) is 28.4. The Balaban J connectivity index is 1.12. The summed E-state index contributed by atoms with van der Waals surface area (Å²) < 4.78 is 5.85. The highest BCUT2D eigenvalue weighted by Gasteiger charge is 2.43. The molecule has 8 nitrogen and oxygen atoms in total. The van der Waals surface area contributed by atoms with E-state index in [0.29, 0.717) is 12.8 Å². The largest absolute Gasteiger partial charge is 0.481 e. The summed E-state index contributed by atoms with van der Waals surface area (Å²) in [5, 5.41) is 12.3. The van der Waals surface area contributed by atoms with Crippen molar-refractivity contribution < 1.29 is 24.2 Å². The lowest BCUT2D eigenvalue weighted by molar-refractivity contribution is -0.153. The van der Waals surface area contributed by atoms with Gasteiger partial charge in [0.15, 0.2) is 0 Å². The monoisotopic (exact) mass is 553 g/mol. The quantitative estimate of drug-likeness (QED) is 0.427. The second-order valence-corrected chi connectivity index (χ2v) is 11.5. The van der Waals surface area contributed by atoms with Gasteiger partial charge in [-0.2, -0.15) is 0 Å². The van der Waals surface area contributed by atoms with E-state index >= 15 is 0 Å². The third-order valence-corrected chi connectivity index (χ3v) is 8.85. The van der Waals surface area contributed by atoms with E-state index in [1.54, 1.807) is 4.90 Å². The number of fused-ring (bicyclic) bond motifs is 3. The maximum absolute atomic E-state index is 13.3. The van der Waals surface area contributed by atoms with E-state index in [1.807, 2.05) is 42.5 Å². The van der Waals surface area contributed by atoms with Gasteiger partial charge in [-0.05, 0) is 40.7 Å². The summed E-state index contributed by atoms with van der Waals surface area (Å²) in [6.45, 7) is 2.90. The Morgan fingerprint density at radius 3 is 2.05 bits per heavy atom. The lowest BCUT2D eigenvalue weighted by atomic mass is 9.83. The number of piperidine rings is 1. The molecule has 0 saturated carbocycles. The molecule has 3 aromatic carbocycles. The molecule has 3 aliphatic rings. The van der Waals surface area contributed by atoms with Crippen LogP contribution in [0.2, 0.25) is 0 Å². The summed E-state index contributed by atoms with van der Waals surface area (Å²) in [5.41, 5.74) is 5.10. The molecule has 1 aliphatic carbocycles. The van der Waals surface area contributed by atoms with Crippen LogP contribution in [0.3, 0.4) is 0 Å². The van der Waals surface area contributed by atoms with Gasteiger partial charge in [-0.25, -0.2) is 4.79 Å². The van der Waals surface area contributed by atoms with Gasteiger partial charge in [0.25, 0.3) is 0 Å². The number of amides is 2. The van der Waals surface area contributed by atoms with Gasteiger partial charge in [-0.1, -0.05) is 78.9 Å². The van der Waals surface area contributed by atoms with Crippen molar-refractivity contribution in [3.05, 3.63) is 95.6 Å². The second kappa shape index (κ2) is 11.4. The van der Waals surface area contributed by atoms with Crippen molar-refractivity contribution in [2.24, 2.45) is 5.92 Å². The fourth-order valence-electron chi connectivity index (χ4n) is 6.42. The van der Waals surface area contributed by atoms with E-state index in [2.05, 4.69) is 46.6 Å². The number of nitrogens with one attached hydrogen (secondary N) is 1. The molecule has 212 valence electrons. The molecule has 0 atom stereocenters. The lowest BCUT2D eigenvalue weighted by Gasteiger charge is -2.44. The van der Waals surface area contributed by atoms with Crippen LogP contribution in [0.25, 0.3) is 11.1 Å². The van der Waals surface area contributed by atoms with E-state index in [-0.39, 0.29) is 37.9 Å². The first kappa shape index (κ1) is 27.0. The molecule has 2 amide bonds. The molecule has 0 spiro atoms. The summed E-state index contributed by atoms with van der Waals surface area (Å²) in [4.78, 5) is 41.7. The van der Waals surface area contributed by atoms with Gasteiger partial charge >= 0.3 is 12.1 Å². The van der Waals surface area contributed by atoms with Crippen molar-refractivity contribution in [2.75, 3.05) is 32.8 Å². The zero-order valence-electron chi connectivity index (χ0n) is 23.0. The molecular weight excluding hydrogens is 518 g/mol. The smallest absolute Gasteiger partial charge is 0.407 e. The second-order valence-electron chi connectivity index (χ2n) is 11.5. The number of ether oxygens (including phenoxy) is 1. The van der Waals surface area contributed by atoms with Crippen molar-refractivity contribution in [1.29, 1.82) is 0 Å². The Labute approximate surface area is 239 Å². The van der Waals surface area contributed by atoms with Crippen LogP contribution in [0.5, 0.6) is 0 Å². The number of carbonyl (C=O) groups is 3. The third kappa shape index (κ3) is 5.70. The van der Waals surface area contributed by atoms with Crippen molar-refractivity contribution in [2.45, 2.75) is 37.3 Å². The molecule has 2 N–H and O–H groups in total. The topological polar surface area (TPSA) is 99.2 Å². The highest BCUT2D eigenvalue weighted by molar-refractivity contribution is 5.83. The van der Waals surface area contributed by atoms with E-state index in [9.17, 15) is 19.5 Å². The number of hydrogen-bond acceptors (Lipinski definition) is 5. The summed E-state index contributed by atoms with van der Waals surface area (Å²) in [6.07, 6.45) is 0.809. The standard InChI is InChI=1S/C33H35N3O5/c37-30(36-20-24(21-36)31(38)39)18-33(14-16-35(17-15-33)19-23-8-2-1-3-9-23)34-32(40)41-22-29-27-12-6-4-10-25(27)26-11-5-7-13-28(26)29/h1-13,24,29H,14-22H2,(H,34,40)(H,38,39). The average molecular weight is 554 g/mol. The fourth-order valence-corrected chi connectivity index (χ4v) is 6.42. The van der Waals surface area contributed by atoms with Crippen molar-refractivity contribution in [1.82, 2.24) is 15.1 Å². The number of rotatable bonds is 8. The van der Waals surface area contributed by atoms with E-state index < -0.39 is 23.5 Å². The Kier molecular flexibility index (Phi) is 7.49. The van der Waals surface area contributed by atoms with E-state index in [1.165, 1.54) is 16.7 Å². The molecule has 0 unspecified atom stereocenters. The lowest BCUT2D eigenvalue weighted by Crippen LogP contribution is -2.60. The first-order chi connectivity index (χ1) is 19.9. The van der Waals surface area contributed by atoms with Gasteiger partial charge in [0.05, 0.1) is 17.9 Å². The van der Waals surface area contributed by atoms with Crippen LogP contribution in [-0.2, 0) is 20.9 Å². The molecule has 0 aromatic heterocycles. The SMILES string of the molecule is O=C(NC1(CC(=O)N2CC(C(=O)O)C2)CCN(Cc2ccccc2)CC1)OCC1c2ccccc2-c2ccccc21. The molecule has 2 aliphatic heterocycles. The number of carbonyl (C=O) groups excluding carboxylic acids is 2. The summed E-state index contributed by atoms with van der Waals surface area (Å²) >= 11 is 0. The maximum Gasteiger partial charge on any atom is 0.407 e. The van der Waals surface area contributed by atoms with Crippen LogP contribution in [-0.4, -0.2) is 71.2 Å². The minimum Gasteiger partial charge on any atom is -0.481 e. The van der Waals surface area contributed by atoms with Gasteiger partial charge in [-0.3, -0.25) is 14.5 Å². The van der Waals surface area contributed by atoms with Crippen LogP contribution >= 0.6 is 0 Å². The number of carboxylic acids is 1. The molecule has 41 heavy (non-hydrogen) atoms. The first-order valence-corrected chi connectivity index (χ1v) is 14.3. The molecule has 0 bridgehead atoms. The normalized spacial score (nSPS) is 18.2. The number of likely N-dealkylation sites (tertiary alicyclic amines) is 2. The number of carboxylic acid groups (broad SMARTS) is 1. The molecule has 2 heterocycles. The summed E-state index contributed by atoms with van der Waals surface area (Å²) in [7, 11) is 0. The molecule has 2 fully saturated rings. The van der Waals surface area contributed by atoms with Crippen molar-refractivity contribution in [3.8, 4) is 11.1 Å². The Morgan fingerprint density at radius 2 is 1.44 bits per heavy atom. The molecule has 0 radical (unpaired) electrons. The highest BCUT2D eigenvalue weighted by atomic mass is 16.5. The van der Waals surface area contributed by atoms with Gasteiger partial charge in [-0.15, -0.1) is 0 Å². The number of alkyl carbamates (subject to hydrolysis) is 1. The molecular formula is C33H35N3O5. The molecule has 8 heteroatoms. The van der Waals surface area contributed by atoms with Crippen LogP contribution in [0.4, 0.5) is 4.79 Å². The number of nitrogens with zero attached hydrogens (tertiary/aromatic N) is 2. The third-order valence-electron chi connectivity index (χ3n) is 8.85. The molecule has 6 rings (SSSR count). The van der Waals surface area contributed by atoms with Crippen LogP contribution in [0.15, 0.2) is 78.9 Å². The minimum absolute atomic E-state index is 0.0486. The van der Waals surface area contributed by atoms with Crippen molar-refractivity contribution >= 4 is 18.0 Å². The fraction of sp³-hybridized carbons (Fsp3) is 0.364. The Hall–Kier alpha value is -4.17. The van der Waals surface area contributed by atoms with Gasteiger partial charge < -0.3 is 20.1 Å². The van der Waals surface area contributed by atoms with E-state index in [4.69, 9.17) is 4.74 Å². The van der Waals surface area contributed by atoms with Crippen LogP contribution in [0, 0.1) is 5.92 Å². The predicted octanol–water partition coefficient (Wildman–Crippen LogP) is 4.49. The molecule has 3 aromatic rings. The predicted molar refractivity (Wildman–Crippen MR) is 154 cm³/mol. The van der Waals surface area contributed by atoms with Gasteiger partial charge in [0.2, 0.25) is 5.91 Å². The van der Waals surface area contributed by atoms with Gasteiger partial charge in [0, 0.05) is 38.6 Å². The molecule has 2 saturated heterocycles. The van der Waals surface area contributed by atoms with E-state index in [0.717, 1.165) is 30.8 Å².